The number of ether oxygens (including phenoxy) is 1. The van der Waals surface area contributed by atoms with Crippen molar-refractivity contribution in [2.75, 3.05) is 33.3 Å². The van der Waals surface area contributed by atoms with Gasteiger partial charge in [0.05, 0.1) is 7.11 Å². The number of nitrogens with one attached hydrogen (secondary N) is 1. The van der Waals surface area contributed by atoms with Gasteiger partial charge in [-0.1, -0.05) is 32.0 Å². The maximum absolute atomic E-state index is 5.56. The fourth-order valence-electron chi connectivity index (χ4n) is 2.85. The maximum Gasteiger partial charge on any atom is 0.123 e. The summed E-state index contributed by atoms with van der Waals surface area (Å²) in [6.07, 6.45) is 1.18. The van der Waals surface area contributed by atoms with Gasteiger partial charge in [0.25, 0.3) is 0 Å². The summed E-state index contributed by atoms with van der Waals surface area (Å²) in [7, 11) is 1.77. The van der Waals surface area contributed by atoms with Gasteiger partial charge in [-0.15, -0.1) is 24.8 Å². The van der Waals surface area contributed by atoms with Crippen LogP contribution < -0.4 is 10.1 Å². The summed E-state index contributed by atoms with van der Waals surface area (Å²) in [5.41, 5.74) is 1.33. The Morgan fingerprint density at radius 2 is 1.76 bits per heavy atom. The molecule has 1 atom stereocenters. The van der Waals surface area contributed by atoms with Crippen molar-refractivity contribution in [1.82, 2.24) is 10.2 Å². The summed E-state index contributed by atoms with van der Waals surface area (Å²) >= 11 is 0. The van der Waals surface area contributed by atoms with Crippen LogP contribution in [0.25, 0.3) is 0 Å². The van der Waals surface area contributed by atoms with E-state index in [0.717, 1.165) is 31.9 Å². The Morgan fingerprint density at radius 1 is 1.14 bits per heavy atom. The Kier molecular flexibility index (Phi) is 10.0. The van der Waals surface area contributed by atoms with Crippen molar-refractivity contribution < 1.29 is 4.74 Å². The number of nitrogens with zero attached hydrogens (tertiary/aromatic N) is 1. The van der Waals surface area contributed by atoms with Crippen molar-refractivity contribution in [3.63, 3.8) is 0 Å². The van der Waals surface area contributed by atoms with E-state index in [9.17, 15) is 0 Å². The van der Waals surface area contributed by atoms with Crippen LogP contribution in [0.2, 0.25) is 0 Å². The molecular formula is C16H28Cl2N2O. The third kappa shape index (κ3) is 5.67. The van der Waals surface area contributed by atoms with Gasteiger partial charge in [0, 0.05) is 37.8 Å². The van der Waals surface area contributed by atoms with E-state index in [1.165, 1.54) is 12.0 Å². The Morgan fingerprint density at radius 3 is 2.33 bits per heavy atom. The summed E-state index contributed by atoms with van der Waals surface area (Å²) in [4.78, 5) is 2.59. The molecule has 21 heavy (non-hydrogen) atoms. The van der Waals surface area contributed by atoms with E-state index in [-0.39, 0.29) is 24.8 Å². The van der Waals surface area contributed by atoms with Crippen molar-refractivity contribution in [2.24, 2.45) is 5.92 Å². The number of para-hydroxylation sites is 1. The first kappa shape index (κ1) is 20.5. The second kappa shape index (κ2) is 10.3. The zero-order valence-electron chi connectivity index (χ0n) is 13.2. The molecule has 0 aliphatic carbocycles. The van der Waals surface area contributed by atoms with Crippen molar-refractivity contribution in [1.29, 1.82) is 0 Å². The standard InChI is InChI=1S/C16H26N2O.2ClH/c1-13(2)12-15(18-10-8-17-9-11-18)14-6-4-5-7-16(14)19-3;;/h4-7,13,15,17H,8-12H2,1-3H3;2*1H/t15-;;/m0../s1. The van der Waals surface area contributed by atoms with Crippen LogP contribution in [0.3, 0.4) is 0 Å². The van der Waals surface area contributed by atoms with Crippen molar-refractivity contribution >= 4 is 24.8 Å². The van der Waals surface area contributed by atoms with Gasteiger partial charge >= 0.3 is 0 Å². The second-order valence-electron chi connectivity index (χ2n) is 5.67. The van der Waals surface area contributed by atoms with Crippen LogP contribution in [-0.4, -0.2) is 38.2 Å². The van der Waals surface area contributed by atoms with Gasteiger partial charge in [-0.3, -0.25) is 4.90 Å². The lowest BCUT2D eigenvalue weighted by molar-refractivity contribution is 0.151. The summed E-state index contributed by atoms with van der Waals surface area (Å²) in [6, 6.07) is 8.93. The van der Waals surface area contributed by atoms with Gasteiger partial charge in [-0.05, 0) is 18.4 Å². The van der Waals surface area contributed by atoms with Crippen LogP contribution in [0.15, 0.2) is 24.3 Å². The van der Waals surface area contributed by atoms with Gasteiger partial charge < -0.3 is 10.1 Å². The Bertz CT molecular complexity index is 396. The minimum atomic E-state index is 0. The second-order valence-corrected chi connectivity index (χ2v) is 5.67. The fraction of sp³-hybridized carbons (Fsp3) is 0.625. The number of benzene rings is 1. The average molecular weight is 335 g/mol. The van der Waals surface area contributed by atoms with Gasteiger partial charge in [0.15, 0.2) is 0 Å². The molecule has 3 nitrogen and oxygen atoms in total. The van der Waals surface area contributed by atoms with Crippen LogP contribution in [0.5, 0.6) is 5.75 Å². The molecule has 1 aliphatic heterocycles. The maximum atomic E-state index is 5.56. The van der Waals surface area contributed by atoms with Crippen molar-refractivity contribution in [2.45, 2.75) is 26.3 Å². The summed E-state index contributed by atoms with van der Waals surface area (Å²) in [5.74, 6) is 1.71. The fourth-order valence-corrected chi connectivity index (χ4v) is 2.85. The average Bonchev–Trinajstić information content (AvgIpc) is 2.45. The minimum absolute atomic E-state index is 0. The molecule has 1 fully saturated rings. The summed E-state index contributed by atoms with van der Waals surface area (Å²) in [6.45, 7) is 9.01. The number of halogens is 2. The lowest BCUT2D eigenvalue weighted by atomic mass is 9.94. The quantitative estimate of drug-likeness (QED) is 0.891. The first-order valence-corrected chi connectivity index (χ1v) is 7.30. The van der Waals surface area contributed by atoms with Gasteiger partial charge in [-0.2, -0.15) is 0 Å². The third-order valence-electron chi connectivity index (χ3n) is 3.78. The molecular weight excluding hydrogens is 307 g/mol. The molecule has 0 spiro atoms. The Hall–Kier alpha value is -0.480. The zero-order chi connectivity index (χ0) is 13.7. The minimum Gasteiger partial charge on any atom is -0.496 e. The largest absolute Gasteiger partial charge is 0.496 e. The highest BCUT2D eigenvalue weighted by Gasteiger charge is 2.25. The van der Waals surface area contributed by atoms with E-state index in [0.29, 0.717) is 12.0 Å². The highest BCUT2D eigenvalue weighted by atomic mass is 35.5. The molecule has 0 amide bonds. The molecule has 0 radical (unpaired) electrons. The molecule has 0 saturated carbocycles. The normalized spacial score (nSPS) is 16.8. The highest BCUT2D eigenvalue weighted by molar-refractivity contribution is 5.85. The Balaban J connectivity index is 0.00000200. The lowest BCUT2D eigenvalue weighted by Crippen LogP contribution is -2.45. The van der Waals surface area contributed by atoms with Crippen LogP contribution in [0, 0.1) is 5.92 Å². The number of hydrogen-bond acceptors (Lipinski definition) is 3. The van der Waals surface area contributed by atoms with Gasteiger partial charge in [0.1, 0.15) is 5.75 Å². The van der Waals surface area contributed by atoms with Gasteiger partial charge in [0.2, 0.25) is 0 Å². The number of hydrogen-bond donors (Lipinski definition) is 1. The van der Waals surface area contributed by atoms with Crippen molar-refractivity contribution in [3.8, 4) is 5.75 Å². The van der Waals surface area contributed by atoms with E-state index in [4.69, 9.17) is 4.74 Å². The number of methoxy groups -OCH3 is 1. The molecule has 122 valence electrons. The smallest absolute Gasteiger partial charge is 0.123 e. The molecule has 1 N–H and O–H groups in total. The topological polar surface area (TPSA) is 24.5 Å². The first-order valence-electron chi connectivity index (χ1n) is 7.30. The van der Waals surface area contributed by atoms with Crippen LogP contribution >= 0.6 is 24.8 Å². The SMILES string of the molecule is COc1ccccc1[C@H](CC(C)C)N1CCNCC1.Cl.Cl. The van der Waals surface area contributed by atoms with Crippen LogP contribution in [-0.2, 0) is 0 Å². The molecule has 1 aromatic rings. The molecule has 1 aliphatic rings. The number of piperazine rings is 1. The molecule has 0 aromatic heterocycles. The van der Waals surface area contributed by atoms with Crippen LogP contribution in [0.1, 0.15) is 31.9 Å². The third-order valence-corrected chi connectivity index (χ3v) is 3.78. The first-order chi connectivity index (χ1) is 9.22. The predicted molar refractivity (Wildman–Crippen MR) is 94.1 cm³/mol. The lowest BCUT2D eigenvalue weighted by Gasteiger charge is -2.36. The summed E-state index contributed by atoms with van der Waals surface area (Å²) < 4.78 is 5.56. The van der Waals surface area contributed by atoms with E-state index in [1.807, 2.05) is 6.07 Å². The van der Waals surface area contributed by atoms with E-state index in [1.54, 1.807) is 7.11 Å². The molecule has 0 unspecified atom stereocenters. The highest BCUT2D eigenvalue weighted by Crippen LogP contribution is 2.33. The van der Waals surface area contributed by atoms with Gasteiger partial charge in [-0.25, -0.2) is 0 Å². The molecule has 1 heterocycles. The molecule has 5 heteroatoms. The predicted octanol–water partition coefficient (Wildman–Crippen LogP) is 3.53. The molecule has 0 bridgehead atoms. The van der Waals surface area contributed by atoms with Crippen LogP contribution in [0.4, 0.5) is 0 Å². The molecule has 2 rings (SSSR count). The Labute approximate surface area is 141 Å². The summed E-state index contributed by atoms with van der Waals surface area (Å²) in [5, 5.41) is 3.43. The molecule has 1 saturated heterocycles. The monoisotopic (exact) mass is 334 g/mol. The van der Waals surface area contributed by atoms with E-state index >= 15 is 0 Å². The van der Waals surface area contributed by atoms with E-state index in [2.05, 4.69) is 42.3 Å². The number of rotatable bonds is 5. The van der Waals surface area contributed by atoms with E-state index < -0.39 is 0 Å². The molecule has 1 aromatic carbocycles. The zero-order valence-corrected chi connectivity index (χ0v) is 14.8. The van der Waals surface area contributed by atoms with Crippen molar-refractivity contribution in [3.05, 3.63) is 29.8 Å².